The van der Waals surface area contributed by atoms with E-state index in [0.29, 0.717) is 30.5 Å². The van der Waals surface area contributed by atoms with Crippen molar-refractivity contribution in [2.24, 2.45) is 11.8 Å². The first-order valence-corrected chi connectivity index (χ1v) is 8.69. The molecule has 4 nitrogen and oxygen atoms in total. The van der Waals surface area contributed by atoms with Crippen LogP contribution >= 0.6 is 11.6 Å². The third-order valence-corrected chi connectivity index (χ3v) is 6.58. The molecule has 0 bridgehead atoms. The van der Waals surface area contributed by atoms with Gasteiger partial charge in [-0.05, 0) is 42.9 Å². The van der Waals surface area contributed by atoms with E-state index in [-0.39, 0.29) is 9.92 Å². The summed E-state index contributed by atoms with van der Waals surface area (Å²) >= 11 is 6.05. The zero-order valence-electron chi connectivity index (χ0n) is 11.4. The third-order valence-electron chi connectivity index (χ3n) is 4.27. The summed E-state index contributed by atoms with van der Waals surface area (Å²) in [6.45, 7) is 1.10. The lowest BCUT2D eigenvalue weighted by atomic mass is 9.86. The number of hydrogen-bond donors (Lipinski definition) is 0. The fourth-order valence-electron chi connectivity index (χ4n) is 3.09. The average Bonchev–Trinajstić information content (AvgIpc) is 2.91. The highest BCUT2D eigenvalue weighted by atomic mass is 35.5. The predicted octanol–water partition coefficient (Wildman–Crippen LogP) is 2.80. The lowest BCUT2D eigenvalue weighted by molar-refractivity contribution is 0.411. The second kappa shape index (κ2) is 5.45. The van der Waals surface area contributed by atoms with E-state index in [2.05, 4.69) is 12.2 Å². The molecule has 0 radical (unpaired) electrons. The van der Waals surface area contributed by atoms with Crippen LogP contribution in [-0.4, -0.2) is 25.8 Å². The van der Waals surface area contributed by atoms with Gasteiger partial charge in [0.15, 0.2) is 0 Å². The third kappa shape index (κ3) is 2.59. The number of halogens is 1. The first-order chi connectivity index (χ1) is 10.0. The van der Waals surface area contributed by atoms with Gasteiger partial charge in [-0.15, -0.1) is 0 Å². The minimum atomic E-state index is -3.59. The molecule has 1 aromatic carbocycles. The van der Waals surface area contributed by atoms with Crippen LogP contribution in [0.4, 0.5) is 0 Å². The van der Waals surface area contributed by atoms with Crippen LogP contribution in [-0.2, 0) is 10.0 Å². The quantitative estimate of drug-likeness (QED) is 0.787. The SMILES string of the molecule is N#Cc1ccc(S(=O)(=O)N2C[C@H]3CC=CC[C@@H]3C2)c(Cl)c1. The number of benzene rings is 1. The molecule has 0 saturated carbocycles. The predicted molar refractivity (Wildman–Crippen MR) is 80.3 cm³/mol. The highest BCUT2D eigenvalue weighted by Gasteiger charge is 2.39. The van der Waals surface area contributed by atoms with Crippen molar-refractivity contribution in [1.29, 1.82) is 5.26 Å². The molecule has 6 heteroatoms. The van der Waals surface area contributed by atoms with Gasteiger partial charge in [-0.2, -0.15) is 9.57 Å². The van der Waals surface area contributed by atoms with E-state index in [9.17, 15) is 8.42 Å². The molecule has 1 saturated heterocycles. The Morgan fingerprint density at radius 3 is 2.33 bits per heavy atom. The molecule has 0 N–H and O–H groups in total. The van der Waals surface area contributed by atoms with Crippen LogP contribution in [0.1, 0.15) is 18.4 Å². The number of rotatable bonds is 2. The first-order valence-electron chi connectivity index (χ1n) is 6.87. The van der Waals surface area contributed by atoms with Crippen LogP contribution in [0.5, 0.6) is 0 Å². The van der Waals surface area contributed by atoms with Crippen LogP contribution in [0.25, 0.3) is 0 Å². The van der Waals surface area contributed by atoms with Crippen molar-refractivity contribution in [3.63, 3.8) is 0 Å². The van der Waals surface area contributed by atoms with E-state index < -0.39 is 10.0 Å². The van der Waals surface area contributed by atoms with Gasteiger partial charge in [0.25, 0.3) is 0 Å². The van der Waals surface area contributed by atoms with Gasteiger partial charge in [0.1, 0.15) is 4.90 Å². The minimum Gasteiger partial charge on any atom is -0.207 e. The summed E-state index contributed by atoms with van der Waals surface area (Å²) in [7, 11) is -3.59. The molecule has 1 aliphatic carbocycles. The van der Waals surface area contributed by atoms with Crippen molar-refractivity contribution in [2.75, 3.05) is 13.1 Å². The van der Waals surface area contributed by atoms with Crippen molar-refractivity contribution in [3.8, 4) is 6.07 Å². The molecular weight excluding hydrogens is 308 g/mol. The highest BCUT2D eigenvalue weighted by Crippen LogP contribution is 2.36. The number of fused-ring (bicyclic) bond motifs is 1. The molecule has 0 amide bonds. The monoisotopic (exact) mass is 322 g/mol. The molecule has 0 unspecified atom stereocenters. The Hall–Kier alpha value is -1.35. The van der Waals surface area contributed by atoms with E-state index in [4.69, 9.17) is 16.9 Å². The van der Waals surface area contributed by atoms with Crippen LogP contribution < -0.4 is 0 Å². The highest BCUT2D eigenvalue weighted by molar-refractivity contribution is 7.89. The van der Waals surface area contributed by atoms with Crippen molar-refractivity contribution < 1.29 is 8.42 Å². The number of allylic oxidation sites excluding steroid dienone is 2. The van der Waals surface area contributed by atoms with Gasteiger partial charge in [-0.25, -0.2) is 8.42 Å². The summed E-state index contributed by atoms with van der Waals surface area (Å²) in [5, 5.41) is 8.95. The molecule has 21 heavy (non-hydrogen) atoms. The lowest BCUT2D eigenvalue weighted by Gasteiger charge is -2.18. The maximum Gasteiger partial charge on any atom is 0.244 e. The maximum atomic E-state index is 12.7. The van der Waals surface area contributed by atoms with Crippen molar-refractivity contribution in [3.05, 3.63) is 40.9 Å². The van der Waals surface area contributed by atoms with E-state index in [1.54, 1.807) is 0 Å². The Bertz CT molecular complexity index is 721. The fraction of sp³-hybridized carbons (Fsp3) is 0.400. The van der Waals surface area contributed by atoms with Gasteiger partial charge < -0.3 is 0 Å². The Labute approximate surface area is 129 Å². The second-order valence-electron chi connectivity index (χ2n) is 5.54. The fourth-order valence-corrected chi connectivity index (χ4v) is 5.16. The molecule has 2 aliphatic rings. The second-order valence-corrected chi connectivity index (χ2v) is 7.86. The summed E-state index contributed by atoms with van der Waals surface area (Å²) in [4.78, 5) is 0.0924. The molecule has 2 atom stereocenters. The van der Waals surface area contributed by atoms with E-state index in [1.165, 1.54) is 22.5 Å². The van der Waals surface area contributed by atoms with Crippen LogP contribution in [0.3, 0.4) is 0 Å². The van der Waals surface area contributed by atoms with Crippen molar-refractivity contribution in [1.82, 2.24) is 4.31 Å². The van der Waals surface area contributed by atoms with Gasteiger partial charge in [-0.3, -0.25) is 0 Å². The summed E-state index contributed by atoms with van der Waals surface area (Å²) < 4.78 is 27.0. The molecule has 1 aromatic rings. The lowest BCUT2D eigenvalue weighted by Crippen LogP contribution is -2.29. The Kier molecular flexibility index (Phi) is 3.78. The summed E-state index contributed by atoms with van der Waals surface area (Å²) in [6, 6.07) is 6.27. The molecule has 1 aliphatic heterocycles. The van der Waals surface area contributed by atoms with Gasteiger partial charge in [-0.1, -0.05) is 23.8 Å². The van der Waals surface area contributed by atoms with Gasteiger partial charge >= 0.3 is 0 Å². The van der Waals surface area contributed by atoms with Crippen molar-refractivity contribution in [2.45, 2.75) is 17.7 Å². The minimum absolute atomic E-state index is 0.0924. The smallest absolute Gasteiger partial charge is 0.207 e. The normalized spacial score (nSPS) is 25.5. The number of nitrogens with zero attached hydrogens (tertiary/aromatic N) is 2. The average molecular weight is 323 g/mol. The number of hydrogen-bond acceptors (Lipinski definition) is 3. The molecule has 3 rings (SSSR count). The summed E-state index contributed by atoms with van der Waals surface area (Å²) in [6.07, 6.45) is 6.15. The van der Waals surface area contributed by atoms with E-state index in [0.717, 1.165) is 12.8 Å². The zero-order chi connectivity index (χ0) is 15.0. The van der Waals surface area contributed by atoms with E-state index >= 15 is 0 Å². The maximum absolute atomic E-state index is 12.7. The summed E-state index contributed by atoms with van der Waals surface area (Å²) in [5.41, 5.74) is 0.359. The number of nitriles is 1. The molecular formula is C15H15ClN2O2S. The summed E-state index contributed by atoms with van der Waals surface area (Å²) in [5.74, 6) is 0.809. The topological polar surface area (TPSA) is 61.2 Å². The Morgan fingerprint density at radius 1 is 1.19 bits per heavy atom. The Balaban J connectivity index is 1.90. The van der Waals surface area contributed by atoms with Crippen LogP contribution in [0.15, 0.2) is 35.2 Å². The standard InChI is InChI=1S/C15H15ClN2O2S/c16-14-7-11(8-17)5-6-15(14)21(19,20)18-9-12-3-1-2-4-13(12)10-18/h1-2,5-7,12-13H,3-4,9-10H2/t12-,13-/m1/s1. The van der Waals surface area contributed by atoms with E-state index in [1.807, 2.05) is 6.07 Å². The van der Waals surface area contributed by atoms with Gasteiger partial charge in [0.05, 0.1) is 16.7 Å². The zero-order valence-corrected chi connectivity index (χ0v) is 12.9. The molecule has 0 spiro atoms. The van der Waals surface area contributed by atoms with Crippen LogP contribution in [0.2, 0.25) is 5.02 Å². The molecule has 0 aromatic heterocycles. The number of sulfonamides is 1. The van der Waals surface area contributed by atoms with Crippen LogP contribution in [0, 0.1) is 23.2 Å². The largest absolute Gasteiger partial charge is 0.244 e. The molecule has 1 heterocycles. The Morgan fingerprint density at radius 2 is 1.81 bits per heavy atom. The molecule has 1 fully saturated rings. The van der Waals surface area contributed by atoms with Gasteiger partial charge in [0, 0.05) is 13.1 Å². The first kappa shape index (κ1) is 14.6. The molecule has 110 valence electrons. The van der Waals surface area contributed by atoms with Crippen molar-refractivity contribution >= 4 is 21.6 Å². The van der Waals surface area contributed by atoms with Gasteiger partial charge in [0.2, 0.25) is 10.0 Å².